The van der Waals surface area contributed by atoms with E-state index >= 15 is 0 Å². The molecule has 0 saturated heterocycles. The Bertz CT molecular complexity index is 4670. The lowest BCUT2D eigenvalue weighted by Crippen LogP contribution is -2.54. The number of rotatable bonds is 12. The van der Waals surface area contributed by atoms with E-state index in [0.29, 0.717) is 10.6 Å². The van der Waals surface area contributed by atoms with Crippen molar-refractivity contribution >= 4 is 109 Å². The highest BCUT2D eigenvalue weighted by molar-refractivity contribution is 8.05. The maximum Gasteiger partial charge on any atom is 0.416 e. The number of aryl methyl sites for hydroxylation is 1. The lowest BCUT2D eigenvalue weighted by Gasteiger charge is -2.43. The molecule has 12 aromatic rings. The molecule has 0 radical (unpaired) electrons. The molecule has 3 heterocycles. The summed E-state index contributed by atoms with van der Waals surface area (Å²) in [6, 6.07) is 84.4. The fourth-order valence-electron chi connectivity index (χ4n) is 12.3. The third kappa shape index (κ3) is 11.1. The van der Waals surface area contributed by atoms with Crippen molar-refractivity contribution in [2.24, 2.45) is 0 Å². The van der Waals surface area contributed by atoms with Crippen LogP contribution in [0.15, 0.2) is 279 Å². The van der Waals surface area contributed by atoms with Gasteiger partial charge in [0.1, 0.15) is 17.1 Å². The molecule has 0 bridgehead atoms. The smallest absolute Gasteiger partial charge is 0.416 e. The van der Waals surface area contributed by atoms with Crippen LogP contribution in [0.2, 0.25) is 0 Å². The fourth-order valence-corrected chi connectivity index (χ4v) is 14.4. The van der Waals surface area contributed by atoms with Gasteiger partial charge in [-0.05, 0) is 177 Å². The van der Waals surface area contributed by atoms with Crippen molar-refractivity contribution in [2.45, 2.75) is 80.2 Å². The van der Waals surface area contributed by atoms with E-state index < -0.39 is 11.7 Å². The van der Waals surface area contributed by atoms with Crippen LogP contribution in [0.5, 0.6) is 11.5 Å². The highest BCUT2D eigenvalue weighted by atomic mass is 32.2. The van der Waals surface area contributed by atoms with Gasteiger partial charge < -0.3 is 23.9 Å². The Morgan fingerprint density at radius 1 is 0.494 bits per heavy atom. The van der Waals surface area contributed by atoms with E-state index in [1.54, 1.807) is 23.9 Å². The summed E-state index contributed by atoms with van der Waals surface area (Å²) < 4.78 is 55.9. The quantitative estimate of drug-likeness (QED) is 0.113. The SMILES string of the molecule is Cc1cc(C(C)(C)C)ccc1SC1=CN(c2ccc(Oc3ccccc3)cc2)c2cc(Sc3ccc(C(F)(F)F)cc3)cc3c2B1c1ccc(N(c2ccc(C(C)(C)C)cc2)c2ccccc2-c2ccccc2)cc1N3c1cccc2c1oc1ccccc12. The minimum atomic E-state index is -4.48. The van der Waals surface area contributed by atoms with Crippen LogP contribution in [0.25, 0.3) is 33.1 Å². The second kappa shape index (κ2) is 22.7. The first kappa shape index (κ1) is 57.5. The van der Waals surface area contributed by atoms with E-state index in [-0.39, 0.29) is 17.5 Å². The number of para-hydroxylation sites is 4. The predicted octanol–water partition coefficient (Wildman–Crippen LogP) is 22.3. The molecular weight excluding hydrogens is 1140 g/mol. The van der Waals surface area contributed by atoms with E-state index in [4.69, 9.17) is 9.15 Å². The zero-order valence-electron chi connectivity index (χ0n) is 50.4. The molecule has 0 amide bonds. The van der Waals surface area contributed by atoms with Gasteiger partial charge >= 0.3 is 6.18 Å². The van der Waals surface area contributed by atoms with Gasteiger partial charge in [-0.15, -0.1) is 11.8 Å². The summed E-state index contributed by atoms with van der Waals surface area (Å²) in [6.07, 6.45) is -2.18. The molecule has 5 nitrogen and oxygen atoms in total. The molecule has 0 fully saturated rings. The number of ether oxygens (including phenoxy) is 1. The van der Waals surface area contributed by atoms with E-state index in [9.17, 15) is 13.2 Å². The lowest BCUT2D eigenvalue weighted by molar-refractivity contribution is -0.137. The Hall–Kier alpha value is -9.29. The molecule has 0 N–H and O–H groups in total. The van der Waals surface area contributed by atoms with Crippen molar-refractivity contribution < 1.29 is 22.3 Å². The number of thioether (sulfide) groups is 1. The molecular formula is C78H63BF3N3O2S2. The normalized spacial score (nSPS) is 13.1. The Morgan fingerprint density at radius 3 is 1.84 bits per heavy atom. The monoisotopic (exact) mass is 1210 g/mol. The van der Waals surface area contributed by atoms with Crippen LogP contribution in [0.3, 0.4) is 0 Å². The predicted molar refractivity (Wildman–Crippen MR) is 367 cm³/mol. The number of anilines is 8. The number of benzene rings is 11. The maximum absolute atomic E-state index is 14.2. The molecule has 0 saturated carbocycles. The van der Waals surface area contributed by atoms with Gasteiger partial charge in [-0.25, -0.2) is 0 Å². The van der Waals surface area contributed by atoms with Gasteiger partial charge in [0.2, 0.25) is 0 Å². The Morgan fingerprint density at radius 2 is 1.12 bits per heavy atom. The number of hydrogen-bond donors (Lipinski definition) is 0. The Balaban J connectivity index is 1.05. The van der Waals surface area contributed by atoms with Crippen molar-refractivity contribution in [1.29, 1.82) is 0 Å². The number of alkyl halides is 3. The topological polar surface area (TPSA) is 32.1 Å². The second-order valence-electron chi connectivity index (χ2n) is 24.9. The van der Waals surface area contributed by atoms with Crippen molar-refractivity contribution in [3.8, 4) is 22.6 Å². The van der Waals surface area contributed by atoms with Crippen LogP contribution in [0, 0.1) is 6.92 Å². The largest absolute Gasteiger partial charge is 0.457 e. The van der Waals surface area contributed by atoms with E-state index in [0.717, 1.165) is 110 Å². The minimum Gasteiger partial charge on any atom is -0.457 e. The number of halogens is 3. The first-order valence-corrected chi connectivity index (χ1v) is 31.6. The Labute approximate surface area is 527 Å². The van der Waals surface area contributed by atoms with Gasteiger partial charge in [-0.3, -0.25) is 0 Å². The number of hydrogen-bond acceptors (Lipinski definition) is 7. The average Bonchev–Trinajstić information content (AvgIpc) is 1.22. The van der Waals surface area contributed by atoms with Crippen LogP contribution in [0.4, 0.5) is 58.7 Å². The zero-order chi connectivity index (χ0) is 61.3. The summed E-state index contributed by atoms with van der Waals surface area (Å²) in [7, 11) is 0. The van der Waals surface area contributed by atoms with Crippen molar-refractivity contribution in [1.82, 2.24) is 0 Å². The van der Waals surface area contributed by atoms with Crippen molar-refractivity contribution in [3.63, 3.8) is 0 Å². The number of furan rings is 1. The maximum atomic E-state index is 14.2. The van der Waals surface area contributed by atoms with E-state index in [1.807, 2.05) is 60.7 Å². The molecule has 0 spiro atoms. The van der Waals surface area contributed by atoms with Gasteiger partial charge in [-0.1, -0.05) is 181 Å². The van der Waals surface area contributed by atoms with Gasteiger partial charge in [0.15, 0.2) is 5.58 Å². The zero-order valence-corrected chi connectivity index (χ0v) is 52.1. The highest BCUT2D eigenvalue weighted by Crippen LogP contribution is 2.52. The van der Waals surface area contributed by atoms with Crippen LogP contribution >= 0.6 is 23.5 Å². The summed E-state index contributed by atoms with van der Waals surface area (Å²) in [6.45, 7) is 15.4. The molecule has 2 aliphatic rings. The highest BCUT2D eigenvalue weighted by Gasteiger charge is 2.44. The van der Waals surface area contributed by atoms with Gasteiger partial charge in [0.25, 0.3) is 6.71 Å². The third-order valence-corrected chi connectivity index (χ3v) is 19.1. The first-order chi connectivity index (χ1) is 42.9. The van der Waals surface area contributed by atoms with Crippen LogP contribution in [-0.2, 0) is 17.0 Å². The molecule has 1 aromatic heterocycles. The molecule has 89 heavy (non-hydrogen) atoms. The molecule has 438 valence electrons. The molecule has 11 aromatic carbocycles. The molecule has 11 heteroatoms. The first-order valence-electron chi connectivity index (χ1n) is 30.0. The molecule has 0 atom stereocenters. The van der Waals surface area contributed by atoms with Gasteiger partial charge in [-0.2, -0.15) is 13.2 Å². The minimum absolute atomic E-state index is 0.0501. The number of fused-ring (bicyclic) bond motifs is 5. The van der Waals surface area contributed by atoms with Crippen LogP contribution in [0.1, 0.15) is 63.8 Å². The summed E-state index contributed by atoms with van der Waals surface area (Å²) in [4.78, 5) is 10.8. The molecule has 14 rings (SSSR count). The average molecular weight is 1210 g/mol. The van der Waals surface area contributed by atoms with Crippen LogP contribution in [-0.4, -0.2) is 6.71 Å². The summed E-state index contributed by atoms with van der Waals surface area (Å²) in [5.41, 5.74) is 16.2. The summed E-state index contributed by atoms with van der Waals surface area (Å²) in [5, 5.41) is 1.98. The summed E-state index contributed by atoms with van der Waals surface area (Å²) >= 11 is 3.22. The number of nitrogens with zero attached hydrogens (tertiary/aromatic N) is 3. The second-order valence-corrected chi connectivity index (χ2v) is 27.2. The van der Waals surface area contributed by atoms with E-state index in [1.165, 1.54) is 40.6 Å². The molecule has 0 unspecified atom stereocenters. The lowest BCUT2D eigenvalue weighted by atomic mass is 9.37. The molecule has 2 aliphatic heterocycles. The Kier molecular flexibility index (Phi) is 14.7. The van der Waals surface area contributed by atoms with Gasteiger partial charge in [0, 0.05) is 71.3 Å². The van der Waals surface area contributed by atoms with Crippen molar-refractivity contribution in [2.75, 3.05) is 14.7 Å². The summed E-state index contributed by atoms with van der Waals surface area (Å²) in [5.74, 6) is 1.43. The van der Waals surface area contributed by atoms with Gasteiger partial charge in [0.05, 0.1) is 16.9 Å². The third-order valence-electron chi connectivity index (χ3n) is 16.9. The fraction of sp³-hybridized carbons (Fsp3) is 0.128. The van der Waals surface area contributed by atoms with Crippen molar-refractivity contribution in [3.05, 3.63) is 282 Å². The van der Waals surface area contributed by atoms with E-state index in [2.05, 4.69) is 233 Å². The van der Waals surface area contributed by atoms with Crippen LogP contribution < -0.4 is 30.4 Å². The molecule has 0 aliphatic carbocycles. The standard InChI is InChI=1S/C78H63BF3N3O2S2/c1-50-45-54(77(5,6)7)33-44-72(50)89-73-49-83(55-36-39-59(40-37-55)86-58-21-12-9-13-22-58)69-47-61(88-60-41-31-53(32-42-60)78(80,81)82)48-70-74(69)79(73)65-43-38-57(46-68(65)85(70)67-27-18-25-64-63-24-15-17-28-71(63)87-75(64)67)84(56-34-29-52(30-35-56)76(2,3)4)66-26-16-14-23-62(66)51-19-10-8-11-20-51/h8-49H,1-7H3.